The number of aromatic nitrogens is 1. The van der Waals surface area contributed by atoms with Crippen LogP contribution < -0.4 is 0 Å². The average Bonchev–Trinajstić information content (AvgIpc) is 3.44. The maximum Gasteiger partial charge on any atom is 0.264 e. The first-order valence-electron chi connectivity index (χ1n) is 8.26. The van der Waals surface area contributed by atoms with Gasteiger partial charge in [-0.3, -0.25) is 4.79 Å². The quantitative estimate of drug-likeness (QED) is 0.472. The molecule has 0 N–H and O–H groups in total. The molecule has 0 atom stereocenters. The first-order chi connectivity index (χ1) is 13.2. The fourth-order valence-corrected chi connectivity index (χ4v) is 3.37. The summed E-state index contributed by atoms with van der Waals surface area (Å²) in [6.07, 6.45) is 1.58. The average molecular weight is 382 g/mol. The minimum Gasteiger partial charge on any atom is -0.467 e. The van der Waals surface area contributed by atoms with Crippen molar-refractivity contribution in [2.45, 2.75) is 13.1 Å². The highest BCUT2D eigenvalue weighted by Gasteiger charge is 2.20. The molecular formula is C20H15FN2O3S. The lowest BCUT2D eigenvalue weighted by Crippen LogP contribution is -2.29. The Balaban J connectivity index is 1.56. The van der Waals surface area contributed by atoms with Gasteiger partial charge in [-0.2, -0.15) is 0 Å². The largest absolute Gasteiger partial charge is 0.467 e. The summed E-state index contributed by atoms with van der Waals surface area (Å²) in [5.41, 5.74) is 1.32. The minimum atomic E-state index is -0.315. The molecule has 4 aromatic rings. The van der Waals surface area contributed by atoms with E-state index in [9.17, 15) is 9.18 Å². The molecule has 27 heavy (non-hydrogen) atoms. The van der Waals surface area contributed by atoms with E-state index in [0.717, 1.165) is 5.56 Å². The number of carbonyl (C=O) groups excluding carboxylic acids is 1. The molecule has 0 aliphatic heterocycles. The summed E-state index contributed by atoms with van der Waals surface area (Å²) < 4.78 is 23.8. The van der Waals surface area contributed by atoms with E-state index in [0.29, 0.717) is 28.6 Å². The van der Waals surface area contributed by atoms with Crippen LogP contribution in [0.4, 0.5) is 4.39 Å². The normalized spacial score (nSPS) is 10.9. The molecule has 0 fully saturated rings. The van der Waals surface area contributed by atoms with Crippen molar-refractivity contribution in [3.8, 4) is 11.3 Å². The number of rotatable bonds is 6. The zero-order valence-corrected chi connectivity index (χ0v) is 15.0. The van der Waals surface area contributed by atoms with Crippen molar-refractivity contribution in [3.63, 3.8) is 0 Å². The number of hydrogen-bond acceptors (Lipinski definition) is 5. The molecule has 1 amide bonds. The zero-order valence-electron chi connectivity index (χ0n) is 14.2. The summed E-state index contributed by atoms with van der Waals surface area (Å²) in [4.78, 5) is 15.1. The van der Waals surface area contributed by atoms with Gasteiger partial charge >= 0.3 is 0 Å². The second kappa shape index (κ2) is 7.59. The molecule has 3 heterocycles. The second-order valence-electron chi connectivity index (χ2n) is 5.91. The van der Waals surface area contributed by atoms with Gasteiger partial charge in [0.05, 0.1) is 24.2 Å². The lowest BCUT2D eigenvalue weighted by molar-refractivity contribution is 0.0718. The van der Waals surface area contributed by atoms with E-state index in [2.05, 4.69) is 5.16 Å². The van der Waals surface area contributed by atoms with Gasteiger partial charge in [0.2, 0.25) is 0 Å². The number of hydrogen-bond donors (Lipinski definition) is 0. The molecule has 0 aliphatic carbocycles. The van der Waals surface area contributed by atoms with Crippen LogP contribution in [-0.4, -0.2) is 16.0 Å². The van der Waals surface area contributed by atoms with E-state index in [1.54, 1.807) is 41.5 Å². The van der Waals surface area contributed by atoms with E-state index < -0.39 is 0 Å². The lowest BCUT2D eigenvalue weighted by atomic mass is 10.1. The molecule has 0 spiro atoms. The third kappa shape index (κ3) is 3.98. The van der Waals surface area contributed by atoms with Gasteiger partial charge in [-0.15, -0.1) is 11.3 Å². The molecule has 4 rings (SSSR count). The maximum absolute atomic E-state index is 13.1. The van der Waals surface area contributed by atoms with Gasteiger partial charge in [-0.1, -0.05) is 11.2 Å². The number of halogens is 1. The highest BCUT2D eigenvalue weighted by atomic mass is 32.1. The van der Waals surface area contributed by atoms with Gasteiger partial charge in [-0.25, -0.2) is 4.39 Å². The van der Waals surface area contributed by atoms with Crippen molar-refractivity contribution in [1.82, 2.24) is 10.1 Å². The summed E-state index contributed by atoms with van der Waals surface area (Å²) in [5, 5.41) is 5.92. The lowest BCUT2D eigenvalue weighted by Gasteiger charge is -2.19. The van der Waals surface area contributed by atoms with E-state index in [1.165, 1.54) is 23.5 Å². The van der Waals surface area contributed by atoms with Crippen LogP contribution in [0, 0.1) is 5.82 Å². The molecule has 0 saturated carbocycles. The molecule has 0 aliphatic rings. The maximum atomic E-state index is 13.1. The summed E-state index contributed by atoms with van der Waals surface area (Å²) in [5.74, 6) is 0.783. The molecule has 136 valence electrons. The Kier molecular flexibility index (Phi) is 4.84. The summed E-state index contributed by atoms with van der Waals surface area (Å²) >= 11 is 1.38. The van der Waals surface area contributed by atoms with Crippen LogP contribution in [0.5, 0.6) is 0 Å². The molecule has 0 bridgehead atoms. The highest BCUT2D eigenvalue weighted by molar-refractivity contribution is 7.12. The number of thiophene rings is 1. The molecular weight excluding hydrogens is 367 g/mol. The van der Waals surface area contributed by atoms with Gasteiger partial charge in [0.25, 0.3) is 5.91 Å². The predicted octanol–water partition coefficient (Wildman–Crippen LogP) is 4.98. The predicted molar refractivity (Wildman–Crippen MR) is 98.5 cm³/mol. The van der Waals surface area contributed by atoms with Gasteiger partial charge in [0, 0.05) is 11.6 Å². The smallest absolute Gasteiger partial charge is 0.264 e. The van der Waals surface area contributed by atoms with Gasteiger partial charge < -0.3 is 13.8 Å². The molecule has 7 heteroatoms. The van der Waals surface area contributed by atoms with Crippen molar-refractivity contribution < 1.29 is 18.1 Å². The van der Waals surface area contributed by atoms with Crippen LogP contribution in [0.25, 0.3) is 11.3 Å². The standard InChI is InChI=1S/C20H15FN2O3S/c21-15-7-5-14(6-8-15)18-11-16(22-26-18)12-23(13-17-3-1-9-25-17)20(24)19-4-2-10-27-19/h1-11H,12-13H2. The van der Waals surface area contributed by atoms with Crippen molar-refractivity contribution in [2.75, 3.05) is 0 Å². The Hall–Kier alpha value is -3.19. The fraction of sp³-hybridized carbons (Fsp3) is 0.100. The van der Waals surface area contributed by atoms with Crippen molar-refractivity contribution in [1.29, 1.82) is 0 Å². The second-order valence-corrected chi connectivity index (χ2v) is 6.85. The topological polar surface area (TPSA) is 59.5 Å². The third-order valence-corrected chi connectivity index (χ3v) is 4.84. The molecule has 0 radical (unpaired) electrons. The van der Waals surface area contributed by atoms with Crippen LogP contribution in [0.3, 0.4) is 0 Å². The van der Waals surface area contributed by atoms with E-state index in [-0.39, 0.29) is 18.3 Å². The van der Waals surface area contributed by atoms with E-state index in [4.69, 9.17) is 8.94 Å². The molecule has 0 saturated heterocycles. The molecule has 1 aromatic carbocycles. The Bertz CT molecular complexity index is 1010. The Morgan fingerprint density at radius 2 is 1.96 bits per heavy atom. The van der Waals surface area contributed by atoms with E-state index >= 15 is 0 Å². The summed E-state index contributed by atoms with van der Waals surface area (Å²) in [6.45, 7) is 0.588. The third-order valence-electron chi connectivity index (χ3n) is 3.99. The summed E-state index contributed by atoms with van der Waals surface area (Å²) in [6, 6.07) is 15.0. The van der Waals surface area contributed by atoms with Gasteiger partial charge in [0.1, 0.15) is 17.3 Å². The van der Waals surface area contributed by atoms with Crippen LogP contribution in [-0.2, 0) is 13.1 Å². The van der Waals surface area contributed by atoms with Crippen LogP contribution >= 0.6 is 11.3 Å². The highest BCUT2D eigenvalue weighted by Crippen LogP contribution is 2.23. The van der Waals surface area contributed by atoms with Gasteiger partial charge in [0.15, 0.2) is 5.76 Å². The number of benzene rings is 1. The van der Waals surface area contributed by atoms with Crippen LogP contribution in [0.2, 0.25) is 0 Å². The van der Waals surface area contributed by atoms with Crippen LogP contribution in [0.15, 0.2) is 75.2 Å². The Morgan fingerprint density at radius 1 is 1.11 bits per heavy atom. The number of carbonyl (C=O) groups is 1. The first-order valence-corrected chi connectivity index (χ1v) is 9.14. The zero-order chi connectivity index (χ0) is 18.6. The monoisotopic (exact) mass is 382 g/mol. The minimum absolute atomic E-state index is 0.104. The number of furan rings is 1. The fourth-order valence-electron chi connectivity index (χ4n) is 2.68. The number of nitrogens with zero attached hydrogens (tertiary/aromatic N) is 2. The van der Waals surface area contributed by atoms with Crippen molar-refractivity contribution in [3.05, 3.63) is 88.4 Å². The van der Waals surface area contributed by atoms with E-state index in [1.807, 2.05) is 17.5 Å². The number of amides is 1. The first kappa shape index (κ1) is 17.2. The van der Waals surface area contributed by atoms with Gasteiger partial charge in [-0.05, 0) is 47.8 Å². The SMILES string of the molecule is O=C(c1cccs1)N(Cc1cc(-c2ccc(F)cc2)on1)Cc1ccco1. The van der Waals surface area contributed by atoms with Crippen LogP contribution in [0.1, 0.15) is 21.1 Å². The molecule has 0 unspecified atom stereocenters. The van der Waals surface area contributed by atoms with Crippen molar-refractivity contribution in [2.24, 2.45) is 0 Å². The summed E-state index contributed by atoms with van der Waals surface area (Å²) in [7, 11) is 0. The molecule has 3 aromatic heterocycles. The Morgan fingerprint density at radius 3 is 2.67 bits per heavy atom. The van der Waals surface area contributed by atoms with Crippen molar-refractivity contribution >= 4 is 17.2 Å². The molecule has 5 nitrogen and oxygen atoms in total. The Labute approximate surface area is 158 Å².